The molecule has 0 aliphatic carbocycles. The fourth-order valence-corrected chi connectivity index (χ4v) is 4.75. The second-order valence-corrected chi connectivity index (χ2v) is 9.57. The summed E-state index contributed by atoms with van der Waals surface area (Å²) in [7, 11) is 0. The predicted octanol–water partition coefficient (Wildman–Crippen LogP) is 5.57. The zero-order chi connectivity index (χ0) is 23.5. The average Bonchev–Trinajstić information content (AvgIpc) is 3.24. The van der Waals surface area contributed by atoms with Crippen LogP contribution in [-0.4, -0.2) is 37.6 Å². The van der Waals surface area contributed by atoms with Crippen LogP contribution in [0.15, 0.2) is 77.9 Å². The van der Waals surface area contributed by atoms with Crippen molar-refractivity contribution in [2.75, 3.05) is 23.7 Å². The smallest absolute Gasteiger partial charge is 0.171 e. The molecule has 0 spiro atoms. The van der Waals surface area contributed by atoms with Gasteiger partial charge in [-0.25, -0.2) is 4.98 Å². The first kappa shape index (κ1) is 22.4. The number of halogens is 1. The van der Waals surface area contributed by atoms with Crippen molar-refractivity contribution in [3.8, 4) is 0 Å². The van der Waals surface area contributed by atoms with E-state index in [4.69, 9.17) is 4.98 Å². The van der Waals surface area contributed by atoms with Crippen LogP contribution in [0.1, 0.15) is 35.6 Å². The molecule has 0 saturated carbocycles. The number of aryl methyl sites for hydroxylation is 1. The van der Waals surface area contributed by atoms with Crippen molar-refractivity contribution < 1.29 is 0 Å². The summed E-state index contributed by atoms with van der Waals surface area (Å²) in [6.45, 7) is 8.93. The summed E-state index contributed by atoms with van der Waals surface area (Å²) in [5, 5.41) is 11.5. The highest BCUT2D eigenvalue weighted by Crippen LogP contribution is 2.31. The summed E-state index contributed by atoms with van der Waals surface area (Å²) in [6, 6.07) is 14.5. The molecule has 7 nitrogen and oxygen atoms in total. The van der Waals surface area contributed by atoms with Crippen molar-refractivity contribution in [3.05, 3.63) is 94.7 Å². The number of hydrogen-bond donors (Lipinski definition) is 2. The van der Waals surface area contributed by atoms with E-state index in [1.54, 1.807) is 12.4 Å². The van der Waals surface area contributed by atoms with Gasteiger partial charge in [-0.05, 0) is 65.0 Å². The number of benzene rings is 1. The summed E-state index contributed by atoms with van der Waals surface area (Å²) in [5.74, 6) is 2.26. The van der Waals surface area contributed by atoms with E-state index < -0.39 is 0 Å². The Balaban J connectivity index is 1.29. The highest BCUT2D eigenvalue weighted by molar-refractivity contribution is 9.10. The highest BCUT2D eigenvalue weighted by atomic mass is 79.9. The number of nitrogens with zero attached hydrogens (tertiary/aromatic N) is 5. The Bertz CT molecular complexity index is 1290. The molecule has 0 unspecified atom stereocenters. The molecule has 3 aromatic heterocycles. The Kier molecular flexibility index (Phi) is 6.49. The van der Waals surface area contributed by atoms with Gasteiger partial charge in [0.2, 0.25) is 0 Å². The molecule has 4 heterocycles. The predicted molar refractivity (Wildman–Crippen MR) is 140 cm³/mol. The third-order valence-electron chi connectivity index (χ3n) is 6.25. The molecule has 1 aliphatic rings. The molecular weight excluding hydrogens is 490 g/mol. The monoisotopic (exact) mass is 517 g/mol. The fraction of sp³-hybridized carbons (Fsp3) is 0.269. The maximum absolute atomic E-state index is 4.97. The normalized spacial score (nSPS) is 14.4. The van der Waals surface area contributed by atoms with E-state index >= 15 is 0 Å². The maximum atomic E-state index is 4.97. The fourth-order valence-electron chi connectivity index (χ4n) is 4.40. The molecule has 1 fully saturated rings. The Morgan fingerprint density at radius 2 is 2.00 bits per heavy atom. The van der Waals surface area contributed by atoms with Crippen molar-refractivity contribution in [2.24, 2.45) is 0 Å². The van der Waals surface area contributed by atoms with E-state index in [2.05, 4.69) is 91.4 Å². The molecule has 2 N–H and O–H groups in total. The zero-order valence-electron chi connectivity index (χ0n) is 19.2. The lowest BCUT2D eigenvalue weighted by Crippen LogP contribution is -2.34. The summed E-state index contributed by atoms with van der Waals surface area (Å²) in [6.07, 6.45) is 7.49. The number of fused-ring (bicyclic) bond motifs is 1. The SMILES string of the molecule is C=C(Nc1cccc(C)c1)N1CCC(c2cc(NCc3cccnc3)n3ncc(Br)c3n2)CC1. The van der Waals surface area contributed by atoms with Crippen LogP contribution in [0.2, 0.25) is 0 Å². The van der Waals surface area contributed by atoms with Crippen molar-refractivity contribution >= 4 is 33.1 Å². The van der Waals surface area contributed by atoms with Gasteiger partial charge in [-0.2, -0.15) is 9.61 Å². The van der Waals surface area contributed by atoms with E-state index in [9.17, 15) is 0 Å². The minimum Gasteiger partial charge on any atom is -0.366 e. The maximum Gasteiger partial charge on any atom is 0.171 e. The number of piperidine rings is 1. The van der Waals surface area contributed by atoms with Crippen LogP contribution in [0.5, 0.6) is 0 Å². The number of likely N-dealkylation sites (tertiary alicyclic amines) is 1. The van der Waals surface area contributed by atoms with Crippen LogP contribution in [0.3, 0.4) is 0 Å². The Morgan fingerprint density at radius 1 is 1.15 bits per heavy atom. The quantitative estimate of drug-likeness (QED) is 0.334. The van der Waals surface area contributed by atoms with E-state index in [0.29, 0.717) is 12.5 Å². The van der Waals surface area contributed by atoms with Gasteiger partial charge in [0.05, 0.1) is 16.5 Å². The van der Waals surface area contributed by atoms with Gasteiger partial charge in [-0.15, -0.1) is 0 Å². The summed E-state index contributed by atoms with van der Waals surface area (Å²) < 4.78 is 2.75. The number of aromatic nitrogens is 4. The molecule has 34 heavy (non-hydrogen) atoms. The molecule has 5 rings (SSSR count). The van der Waals surface area contributed by atoms with Crippen LogP contribution in [-0.2, 0) is 6.54 Å². The first-order chi connectivity index (χ1) is 16.6. The second kappa shape index (κ2) is 9.85. The van der Waals surface area contributed by atoms with Gasteiger partial charge in [0, 0.05) is 55.4 Å². The van der Waals surface area contributed by atoms with Gasteiger partial charge in [0.15, 0.2) is 5.65 Å². The van der Waals surface area contributed by atoms with Crippen LogP contribution >= 0.6 is 15.9 Å². The molecule has 1 saturated heterocycles. The van der Waals surface area contributed by atoms with Crippen LogP contribution < -0.4 is 10.6 Å². The van der Waals surface area contributed by atoms with Gasteiger partial charge in [-0.3, -0.25) is 4.98 Å². The standard InChI is InChI=1S/C26H28BrN7/c1-18-5-3-7-22(13-18)31-19(2)33-11-8-21(9-12-33)24-14-25(29-16-20-6-4-10-28-15-20)34-26(32-24)23(27)17-30-34/h3-7,10,13-15,17,21,29,31H,2,8-9,11-12,16H2,1H3. The van der Waals surface area contributed by atoms with E-state index in [1.807, 2.05) is 16.8 Å². The van der Waals surface area contributed by atoms with E-state index in [1.165, 1.54) is 5.56 Å². The molecule has 4 aromatic rings. The van der Waals surface area contributed by atoms with E-state index in [-0.39, 0.29) is 0 Å². The molecule has 0 atom stereocenters. The first-order valence-corrected chi connectivity index (χ1v) is 12.3. The number of hydrogen-bond acceptors (Lipinski definition) is 6. The number of pyridine rings is 1. The Morgan fingerprint density at radius 3 is 2.76 bits per heavy atom. The van der Waals surface area contributed by atoms with Crippen molar-refractivity contribution in [3.63, 3.8) is 0 Å². The molecule has 8 heteroatoms. The Hall–Kier alpha value is -3.39. The summed E-state index contributed by atoms with van der Waals surface area (Å²) in [4.78, 5) is 11.5. The van der Waals surface area contributed by atoms with Crippen molar-refractivity contribution in [1.29, 1.82) is 0 Å². The molecule has 0 amide bonds. The largest absolute Gasteiger partial charge is 0.366 e. The second-order valence-electron chi connectivity index (χ2n) is 8.71. The lowest BCUT2D eigenvalue weighted by molar-refractivity contribution is 0.264. The highest BCUT2D eigenvalue weighted by Gasteiger charge is 2.24. The van der Waals surface area contributed by atoms with Gasteiger partial charge < -0.3 is 15.5 Å². The molecule has 0 radical (unpaired) electrons. The van der Waals surface area contributed by atoms with Gasteiger partial charge in [0.25, 0.3) is 0 Å². The Labute approximate surface area is 208 Å². The number of nitrogens with one attached hydrogen (secondary N) is 2. The summed E-state index contributed by atoms with van der Waals surface area (Å²) in [5.41, 5.74) is 5.36. The van der Waals surface area contributed by atoms with Crippen molar-refractivity contribution in [1.82, 2.24) is 24.5 Å². The number of anilines is 2. The third kappa shape index (κ3) is 4.92. The van der Waals surface area contributed by atoms with Gasteiger partial charge in [-0.1, -0.05) is 24.8 Å². The van der Waals surface area contributed by atoms with Crippen LogP contribution in [0.25, 0.3) is 5.65 Å². The van der Waals surface area contributed by atoms with Crippen LogP contribution in [0, 0.1) is 6.92 Å². The topological polar surface area (TPSA) is 70.4 Å². The zero-order valence-corrected chi connectivity index (χ0v) is 20.8. The molecule has 174 valence electrons. The minimum atomic E-state index is 0.383. The molecule has 1 aromatic carbocycles. The molecule has 1 aliphatic heterocycles. The average molecular weight is 518 g/mol. The van der Waals surface area contributed by atoms with Crippen molar-refractivity contribution in [2.45, 2.75) is 32.2 Å². The summed E-state index contributed by atoms with van der Waals surface area (Å²) >= 11 is 3.61. The molecule has 0 bridgehead atoms. The lowest BCUT2D eigenvalue weighted by atomic mass is 9.93. The minimum absolute atomic E-state index is 0.383. The van der Waals surface area contributed by atoms with Gasteiger partial charge >= 0.3 is 0 Å². The molecular formula is C26H28BrN7. The third-order valence-corrected chi connectivity index (χ3v) is 6.81. The first-order valence-electron chi connectivity index (χ1n) is 11.5. The van der Waals surface area contributed by atoms with E-state index in [0.717, 1.165) is 64.6 Å². The lowest BCUT2D eigenvalue weighted by Gasteiger charge is -2.35. The van der Waals surface area contributed by atoms with Gasteiger partial charge in [0.1, 0.15) is 5.82 Å². The van der Waals surface area contributed by atoms with Crippen LogP contribution in [0.4, 0.5) is 11.5 Å². The number of rotatable bonds is 7.